The quantitative estimate of drug-likeness (QED) is 0.926. The molecule has 1 aliphatic carbocycles. The number of hydrogen-bond acceptors (Lipinski definition) is 4. The van der Waals surface area contributed by atoms with E-state index in [-0.39, 0.29) is 5.56 Å². The van der Waals surface area contributed by atoms with Gasteiger partial charge in [-0.3, -0.25) is 4.90 Å². The van der Waals surface area contributed by atoms with Gasteiger partial charge in [-0.2, -0.15) is 0 Å². The van der Waals surface area contributed by atoms with E-state index in [1.165, 1.54) is 57.5 Å². The molecule has 114 valence electrons. The van der Waals surface area contributed by atoms with E-state index < -0.39 is 5.97 Å². The average molecular weight is 289 g/mol. The SMILES string of the molecule is O=C(O)c1cncnc1CN1CCC2(CCCCC2)CC1. The zero-order valence-electron chi connectivity index (χ0n) is 12.4. The maximum atomic E-state index is 11.2. The largest absolute Gasteiger partial charge is 0.478 e. The van der Waals surface area contributed by atoms with Crippen molar-refractivity contribution in [3.63, 3.8) is 0 Å². The molecular formula is C16H23N3O2. The summed E-state index contributed by atoms with van der Waals surface area (Å²) in [5.74, 6) is -0.939. The van der Waals surface area contributed by atoms with E-state index in [0.717, 1.165) is 13.1 Å². The van der Waals surface area contributed by atoms with Crippen molar-refractivity contribution >= 4 is 5.97 Å². The molecule has 3 rings (SSSR count). The summed E-state index contributed by atoms with van der Waals surface area (Å²) in [6.07, 6.45) is 12.3. The minimum atomic E-state index is -0.939. The predicted octanol–water partition coefficient (Wildman–Crippen LogP) is 2.72. The fourth-order valence-corrected chi connectivity index (χ4v) is 3.86. The Morgan fingerprint density at radius 2 is 1.90 bits per heavy atom. The molecule has 5 heteroatoms. The second-order valence-corrected chi connectivity index (χ2v) is 6.53. The van der Waals surface area contributed by atoms with Gasteiger partial charge in [0.25, 0.3) is 0 Å². The molecule has 1 saturated carbocycles. The summed E-state index contributed by atoms with van der Waals surface area (Å²) < 4.78 is 0. The number of hydrogen-bond donors (Lipinski definition) is 1. The van der Waals surface area contributed by atoms with Crippen LogP contribution in [0.5, 0.6) is 0 Å². The molecule has 0 radical (unpaired) electrons. The topological polar surface area (TPSA) is 66.3 Å². The van der Waals surface area contributed by atoms with E-state index in [2.05, 4.69) is 14.9 Å². The summed E-state index contributed by atoms with van der Waals surface area (Å²) in [6, 6.07) is 0. The van der Waals surface area contributed by atoms with Crippen molar-refractivity contribution in [1.29, 1.82) is 0 Å². The molecule has 1 N–H and O–H groups in total. The van der Waals surface area contributed by atoms with Crippen LogP contribution in [0, 0.1) is 5.41 Å². The third-order valence-corrected chi connectivity index (χ3v) is 5.23. The van der Waals surface area contributed by atoms with Crippen LogP contribution in [0.3, 0.4) is 0 Å². The Morgan fingerprint density at radius 3 is 2.57 bits per heavy atom. The molecule has 2 aliphatic rings. The number of carboxylic acid groups (broad SMARTS) is 1. The van der Waals surface area contributed by atoms with Crippen LogP contribution in [0.4, 0.5) is 0 Å². The highest BCUT2D eigenvalue weighted by atomic mass is 16.4. The minimum Gasteiger partial charge on any atom is -0.478 e. The van der Waals surface area contributed by atoms with Gasteiger partial charge in [-0.05, 0) is 44.2 Å². The van der Waals surface area contributed by atoms with E-state index in [1.807, 2.05) is 0 Å². The van der Waals surface area contributed by atoms with Gasteiger partial charge < -0.3 is 5.11 Å². The van der Waals surface area contributed by atoms with Crippen LogP contribution in [0.25, 0.3) is 0 Å². The third kappa shape index (κ3) is 3.23. The summed E-state index contributed by atoms with van der Waals surface area (Å²) in [4.78, 5) is 21.5. The van der Waals surface area contributed by atoms with Gasteiger partial charge in [-0.15, -0.1) is 0 Å². The third-order valence-electron chi connectivity index (χ3n) is 5.23. The summed E-state index contributed by atoms with van der Waals surface area (Å²) in [5, 5.41) is 9.20. The summed E-state index contributed by atoms with van der Waals surface area (Å²) >= 11 is 0. The smallest absolute Gasteiger partial charge is 0.339 e. The number of aromatic nitrogens is 2. The number of aromatic carboxylic acids is 1. The summed E-state index contributed by atoms with van der Waals surface area (Å²) in [6.45, 7) is 2.74. The van der Waals surface area contributed by atoms with Crippen molar-refractivity contribution < 1.29 is 9.90 Å². The average Bonchev–Trinajstić information content (AvgIpc) is 2.51. The lowest BCUT2D eigenvalue weighted by molar-refractivity contribution is 0.0617. The molecule has 5 nitrogen and oxygen atoms in total. The first-order valence-corrected chi connectivity index (χ1v) is 7.93. The van der Waals surface area contributed by atoms with E-state index in [0.29, 0.717) is 17.7 Å². The van der Waals surface area contributed by atoms with E-state index in [1.54, 1.807) is 0 Å². The Morgan fingerprint density at radius 1 is 1.19 bits per heavy atom. The molecule has 1 aliphatic heterocycles. The molecular weight excluding hydrogens is 266 g/mol. The van der Waals surface area contributed by atoms with Crippen molar-refractivity contribution in [2.45, 2.75) is 51.5 Å². The summed E-state index contributed by atoms with van der Waals surface area (Å²) in [5.41, 5.74) is 1.45. The number of likely N-dealkylation sites (tertiary alicyclic amines) is 1. The first-order chi connectivity index (χ1) is 10.2. The highest BCUT2D eigenvalue weighted by Crippen LogP contribution is 2.44. The first-order valence-electron chi connectivity index (χ1n) is 7.93. The van der Waals surface area contributed by atoms with Gasteiger partial charge in [0.15, 0.2) is 0 Å². The number of carbonyl (C=O) groups is 1. The molecule has 1 spiro atoms. The normalized spacial score (nSPS) is 22.3. The van der Waals surface area contributed by atoms with Crippen molar-refractivity contribution in [3.8, 4) is 0 Å². The molecule has 21 heavy (non-hydrogen) atoms. The van der Waals surface area contributed by atoms with Gasteiger partial charge in [0, 0.05) is 12.7 Å². The van der Waals surface area contributed by atoms with Crippen molar-refractivity contribution in [3.05, 3.63) is 23.8 Å². The van der Waals surface area contributed by atoms with Crippen LogP contribution < -0.4 is 0 Å². The van der Waals surface area contributed by atoms with Gasteiger partial charge in [0.1, 0.15) is 11.9 Å². The predicted molar refractivity (Wildman–Crippen MR) is 79.0 cm³/mol. The maximum absolute atomic E-state index is 11.2. The molecule has 2 fully saturated rings. The molecule has 0 bridgehead atoms. The van der Waals surface area contributed by atoms with Crippen LogP contribution >= 0.6 is 0 Å². The monoisotopic (exact) mass is 289 g/mol. The Kier molecular flexibility index (Phi) is 4.19. The molecule has 2 heterocycles. The highest BCUT2D eigenvalue weighted by molar-refractivity contribution is 5.88. The van der Waals surface area contributed by atoms with Crippen LogP contribution in [0.2, 0.25) is 0 Å². The minimum absolute atomic E-state index is 0.232. The molecule has 1 saturated heterocycles. The van der Waals surface area contributed by atoms with Gasteiger partial charge >= 0.3 is 5.97 Å². The Labute approximate surface area is 125 Å². The Bertz CT molecular complexity index is 502. The lowest BCUT2D eigenvalue weighted by atomic mass is 9.68. The molecule has 0 amide bonds. The van der Waals surface area contributed by atoms with Crippen LogP contribution in [0.15, 0.2) is 12.5 Å². The second-order valence-electron chi connectivity index (χ2n) is 6.53. The zero-order valence-corrected chi connectivity index (χ0v) is 12.4. The van der Waals surface area contributed by atoms with E-state index in [4.69, 9.17) is 0 Å². The summed E-state index contributed by atoms with van der Waals surface area (Å²) in [7, 11) is 0. The number of rotatable bonds is 3. The van der Waals surface area contributed by atoms with Crippen LogP contribution in [-0.4, -0.2) is 39.0 Å². The number of piperidine rings is 1. The maximum Gasteiger partial charge on any atom is 0.339 e. The van der Waals surface area contributed by atoms with Crippen molar-refractivity contribution in [2.24, 2.45) is 5.41 Å². The standard InChI is InChI=1S/C16H23N3O2/c20-15(21)13-10-17-12-18-14(13)11-19-8-6-16(7-9-19)4-2-1-3-5-16/h10,12H,1-9,11H2,(H,20,21). The van der Waals surface area contributed by atoms with Gasteiger partial charge in [-0.1, -0.05) is 19.3 Å². The number of nitrogens with zero attached hydrogens (tertiary/aromatic N) is 3. The molecule has 1 aromatic heterocycles. The number of carboxylic acids is 1. The van der Waals surface area contributed by atoms with Gasteiger partial charge in [0.2, 0.25) is 0 Å². The lowest BCUT2D eigenvalue weighted by Crippen LogP contribution is -2.41. The first kappa shape index (κ1) is 14.4. The van der Waals surface area contributed by atoms with Crippen LogP contribution in [0.1, 0.15) is 61.0 Å². The van der Waals surface area contributed by atoms with Crippen molar-refractivity contribution in [2.75, 3.05) is 13.1 Å². The Balaban J connectivity index is 1.62. The molecule has 0 aromatic carbocycles. The fourth-order valence-electron chi connectivity index (χ4n) is 3.86. The van der Waals surface area contributed by atoms with Gasteiger partial charge in [0.05, 0.1) is 5.69 Å². The van der Waals surface area contributed by atoms with E-state index in [9.17, 15) is 9.90 Å². The molecule has 0 unspecified atom stereocenters. The fraction of sp³-hybridized carbons (Fsp3) is 0.688. The second kappa shape index (κ2) is 6.10. The Hall–Kier alpha value is -1.49. The van der Waals surface area contributed by atoms with Crippen LogP contribution in [-0.2, 0) is 6.54 Å². The zero-order chi connectivity index (χ0) is 14.7. The van der Waals surface area contributed by atoms with E-state index >= 15 is 0 Å². The van der Waals surface area contributed by atoms with Crippen molar-refractivity contribution in [1.82, 2.24) is 14.9 Å². The lowest BCUT2D eigenvalue weighted by Gasteiger charge is -2.44. The molecule has 1 aromatic rings. The van der Waals surface area contributed by atoms with Gasteiger partial charge in [-0.25, -0.2) is 14.8 Å². The highest BCUT2D eigenvalue weighted by Gasteiger charge is 2.35. The molecule has 0 atom stereocenters.